The lowest BCUT2D eigenvalue weighted by atomic mass is 9.86. The minimum Gasteiger partial charge on any atom is -0.480 e. The Hall–Kier alpha value is -3.52. The lowest BCUT2D eigenvalue weighted by Crippen LogP contribution is -2.49. The van der Waals surface area contributed by atoms with Gasteiger partial charge in [-0.1, -0.05) is 68.4 Å². The normalized spacial score (nSPS) is 13.6. The van der Waals surface area contributed by atoms with Gasteiger partial charge in [-0.3, -0.25) is 9.69 Å². The van der Waals surface area contributed by atoms with Crippen LogP contribution in [0.4, 0.5) is 0 Å². The molecule has 0 radical (unpaired) electrons. The van der Waals surface area contributed by atoms with E-state index in [0.717, 1.165) is 11.3 Å². The molecule has 168 valence electrons. The van der Waals surface area contributed by atoms with Gasteiger partial charge >= 0.3 is 5.97 Å². The molecule has 1 unspecified atom stereocenters. The number of hydrogen-bond donors (Lipinski definition) is 2. The fourth-order valence-electron chi connectivity index (χ4n) is 3.61. The van der Waals surface area contributed by atoms with Crippen molar-refractivity contribution in [1.82, 2.24) is 25.2 Å². The third-order valence-corrected chi connectivity index (χ3v) is 5.21. The molecular weight excluding hydrogens is 406 g/mol. The molecule has 2 aromatic carbocycles. The molecule has 1 amide bonds. The lowest BCUT2D eigenvalue weighted by molar-refractivity contribution is -0.142. The molecule has 1 aromatic heterocycles. The molecule has 8 heteroatoms. The van der Waals surface area contributed by atoms with Gasteiger partial charge in [0.15, 0.2) is 0 Å². The average molecular weight is 436 g/mol. The maximum atomic E-state index is 13.0. The molecule has 0 saturated heterocycles. The molecule has 0 saturated carbocycles. The van der Waals surface area contributed by atoms with Gasteiger partial charge in [0.2, 0.25) is 0 Å². The van der Waals surface area contributed by atoms with Crippen molar-refractivity contribution in [3.05, 3.63) is 77.6 Å². The first-order valence-electron chi connectivity index (χ1n) is 10.4. The SMILES string of the molecule is CN(C)C(c1ccccc1)c1cn(-c2ccccc2C(=O)N[C@@H](C(=O)O)C(C)(C)C)nn1. The minimum atomic E-state index is -1.08. The number of carboxylic acids is 1. The van der Waals surface area contributed by atoms with E-state index >= 15 is 0 Å². The summed E-state index contributed by atoms with van der Waals surface area (Å²) in [5, 5.41) is 20.8. The van der Waals surface area contributed by atoms with E-state index in [1.165, 1.54) is 0 Å². The Morgan fingerprint density at radius 2 is 1.66 bits per heavy atom. The number of benzene rings is 2. The molecule has 8 nitrogen and oxygen atoms in total. The van der Waals surface area contributed by atoms with Crippen molar-refractivity contribution < 1.29 is 14.7 Å². The van der Waals surface area contributed by atoms with Crippen LogP contribution in [0.3, 0.4) is 0 Å². The number of para-hydroxylation sites is 1. The van der Waals surface area contributed by atoms with Gasteiger partial charge in [-0.2, -0.15) is 0 Å². The molecule has 0 aliphatic rings. The number of rotatable bonds is 7. The van der Waals surface area contributed by atoms with E-state index < -0.39 is 23.3 Å². The predicted octanol–water partition coefficient (Wildman–Crippen LogP) is 3.15. The van der Waals surface area contributed by atoms with Gasteiger partial charge in [0.25, 0.3) is 5.91 Å². The fraction of sp³-hybridized carbons (Fsp3) is 0.333. The minimum absolute atomic E-state index is 0.108. The van der Waals surface area contributed by atoms with Crippen molar-refractivity contribution in [3.63, 3.8) is 0 Å². The number of aliphatic carboxylic acids is 1. The predicted molar refractivity (Wildman–Crippen MR) is 122 cm³/mol. The second kappa shape index (κ2) is 9.32. The van der Waals surface area contributed by atoms with Crippen LogP contribution in [0, 0.1) is 5.41 Å². The van der Waals surface area contributed by atoms with Crippen LogP contribution in [0.15, 0.2) is 60.8 Å². The number of aromatic nitrogens is 3. The van der Waals surface area contributed by atoms with Crippen molar-refractivity contribution in [3.8, 4) is 5.69 Å². The van der Waals surface area contributed by atoms with Crippen molar-refractivity contribution >= 4 is 11.9 Å². The van der Waals surface area contributed by atoms with E-state index in [1.54, 1.807) is 55.9 Å². The van der Waals surface area contributed by atoms with Gasteiger partial charge in [-0.15, -0.1) is 5.10 Å². The summed E-state index contributed by atoms with van der Waals surface area (Å²) in [6.07, 6.45) is 1.79. The molecule has 0 aliphatic heterocycles. The molecule has 0 fully saturated rings. The highest BCUT2D eigenvalue weighted by atomic mass is 16.4. The number of carboxylic acid groups (broad SMARTS) is 1. The van der Waals surface area contributed by atoms with Crippen LogP contribution < -0.4 is 5.32 Å². The molecule has 3 rings (SSSR count). The van der Waals surface area contributed by atoms with Crippen molar-refractivity contribution in [2.24, 2.45) is 5.41 Å². The van der Waals surface area contributed by atoms with Crippen LogP contribution >= 0.6 is 0 Å². The Balaban J connectivity index is 1.95. The quantitative estimate of drug-likeness (QED) is 0.591. The van der Waals surface area contributed by atoms with Crippen LogP contribution in [0.5, 0.6) is 0 Å². The summed E-state index contributed by atoms with van der Waals surface area (Å²) in [5.74, 6) is -1.56. The zero-order valence-corrected chi connectivity index (χ0v) is 19.0. The summed E-state index contributed by atoms with van der Waals surface area (Å²) < 4.78 is 1.55. The second-order valence-corrected chi connectivity index (χ2v) is 8.99. The second-order valence-electron chi connectivity index (χ2n) is 8.99. The van der Waals surface area contributed by atoms with Crippen molar-refractivity contribution in [2.45, 2.75) is 32.9 Å². The molecule has 32 heavy (non-hydrogen) atoms. The largest absolute Gasteiger partial charge is 0.480 e. The monoisotopic (exact) mass is 435 g/mol. The van der Waals surface area contributed by atoms with Gasteiger partial charge in [0.1, 0.15) is 11.7 Å². The summed E-state index contributed by atoms with van der Waals surface area (Å²) in [6, 6.07) is 15.8. The number of carbonyl (C=O) groups excluding carboxylic acids is 1. The Morgan fingerprint density at radius 1 is 1.03 bits per heavy atom. The Morgan fingerprint density at radius 3 is 2.25 bits per heavy atom. The molecule has 2 atom stereocenters. The standard InChI is InChI=1S/C24H29N5O3/c1-24(2,3)21(23(31)32)25-22(30)17-13-9-10-14-19(17)29-15-18(26-27-29)20(28(4)5)16-11-7-6-8-12-16/h6-15,20-21H,1-5H3,(H,25,30)(H,31,32)/t20?,21-/m0/s1. The van der Waals surface area contributed by atoms with Crippen molar-refractivity contribution in [2.75, 3.05) is 14.1 Å². The maximum Gasteiger partial charge on any atom is 0.326 e. The van der Waals surface area contributed by atoms with Crippen LogP contribution in [0.2, 0.25) is 0 Å². The van der Waals surface area contributed by atoms with Gasteiger partial charge in [0, 0.05) is 0 Å². The number of nitrogens with zero attached hydrogens (tertiary/aromatic N) is 4. The highest BCUT2D eigenvalue weighted by Gasteiger charge is 2.33. The highest BCUT2D eigenvalue weighted by molar-refractivity contribution is 5.99. The van der Waals surface area contributed by atoms with Crippen LogP contribution in [-0.2, 0) is 4.79 Å². The van der Waals surface area contributed by atoms with Gasteiger partial charge in [0.05, 0.1) is 23.5 Å². The first-order chi connectivity index (χ1) is 15.1. The van der Waals surface area contributed by atoms with Crippen LogP contribution in [0.1, 0.15) is 48.4 Å². The molecule has 3 aromatic rings. The summed E-state index contributed by atoms with van der Waals surface area (Å²) in [6.45, 7) is 5.31. The topological polar surface area (TPSA) is 100 Å². The smallest absolute Gasteiger partial charge is 0.326 e. The summed E-state index contributed by atoms with van der Waals surface area (Å²) in [5.41, 5.74) is 2.00. The Bertz CT molecular complexity index is 1090. The summed E-state index contributed by atoms with van der Waals surface area (Å²) >= 11 is 0. The first kappa shape index (κ1) is 23.1. The number of amides is 1. The van der Waals surface area contributed by atoms with E-state index in [2.05, 4.69) is 15.6 Å². The third kappa shape index (κ3) is 5.03. The van der Waals surface area contributed by atoms with E-state index in [-0.39, 0.29) is 6.04 Å². The number of nitrogens with one attached hydrogen (secondary N) is 1. The Labute approximate surface area is 187 Å². The summed E-state index contributed by atoms with van der Waals surface area (Å²) in [4.78, 5) is 26.8. The van der Waals surface area contributed by atoms with Crippen LogP contribution in [-0.4, -0.2) is 57.0 Å². The van der Waals surface area contributed by atoms with Crippen molar-refractivity contribution in [1.29, 1.82) is 0 Å². The van der Waals surface area contributed by atoms with E-state index in [4.69, 9.17) is 0 Å². The van der Waals surface area contributed by atoms with E-state index in [9.17, 15) is 14.7 Å². The number of carbonyl (C=O) groups is 2. The van der Waals surface area contributed by atoms with Gasteiger partial charge < -0.3 is 10.4 Å². The average Bonchev–Trinajstić information content (AvgIpc) is 3.20. The summed E-state index contributed by atoms with van der Waals surface area (Å²) in [7, 11) is 3.94. The molecule has 0 bridgehead atoms. The van der Waals surface area contributed by atoms with Gasteiger partial charge in [-0.05, 0) is 37.2 Å². The fourth-order valence-corrected chi connectivity index (χ4v) is 3.61. The molecule has 0 spiro atoms. The highest BCUT2D eigenvalue weighted by Crippen LogP contribution is 2.26. The number of hydrogen-bond acceptors (Lipinski definition) is 5. The lowest BCUT2D eigenvalue weighted by Gasteiger charge is -2.28. The molecule has 0 aliphatic carbocycles. The van der Waals surface area contributed by atoms with Crippen LogP contribution in [0.25, 0.3) is 5.69 Å². The molecule has 1 heterocycles. The Kier molecular flexibility index (Phi) is 6.74. The van der Waals surface area contributed by atoms with Gasteiger partial charge in [-0.25, -0.2) is 9.48 Å². The maximum absolute atomic E-state index is 13.0. The molecular formula is C24H29N5O3. The van der Waals surface area contributed by atoms with E-state index in [0.29, 0.717) is 11.3 Å². The molecule has 2 N–H and O–H groups in total. The first-order valence-corrected chi connectivity index (χ1v) is 10.4. The third-order valence-electron chi connectivity index (χ3n) is 5.21. The zero-order chi connectivity index (χ0) is 23.5. The zero-order valence-electron chi connectivity index (χ0n) is 19.0. The van der Waals surface area contributed by atoms with E-state index in [1.807, 2.05) is 49.3 Å².